The minimum atomic E-state index is -0.588. The lowest BCUT2D eigenvalue weighted by atomic mass is 10.1. The minimum Gasteiger partial charge on any atom is -0.459 e. The summed E-state index contributed by atoms with van der Waals surface area (Å²) in [7, 11) is 0. The molecule has 0 radical (unpaired) electrons. The highest BCUT2D eigenvalue weighted by Gasteiger charge is 2.17. The van der Waals surface area contributed by atoms with Crippen LogP contribution in [0.5, 0.6) is 0 Å². The Bertz CT molecular complexity index is 904. The zero-order valence-electron chi connectivity index (χ0n) is 14.8. The molecule has 1 aromatic carbocycles. The van der Waals surface area contributed by atoms with Crippen molar-refractivity contribution in [3.63, 3.8) is 0 Å². The fourth-order valence-electron chi connectivity index (χ4n) is 2.38. The molecule has 0 aliphatic heterocycles. The number of benzene rings is 1. The number of amides is 1. The smallest absolute Gasteiger partial charge is 0.340 e. The number of para-hydroxylation sites is 1. The molecule has 2 aromatic heterocycles. The zero-order valence-corrected chi connectivity index (χ0v) is 14.8. The van der Waals surface area contributed by atoms with Crippen LogP contribution in [-0.4, -0.2) is 32.1 Å². The SMILES string of the molecule is CCCCn1nnnc1COC(=O)c1ccccc1NC(=O)c1ccco1. The van der Waals surface area contributed by atoms with Gasteiger partial charge in [0.1, 0.15) is 0 Å². The van der Waals surface area contributed by atoms with E-state index in [2.05, 4.69) is 27.8 Å². The standard InChI is InChI=1S/C18H19N5O4/c1-2-3-10-23-16(20-21-22-23)12-27-18(25)13-7-4-5-8-14(13)19-17(24)15-9-6-11-26-15/h4-9,11H,2-3,10,12H2,1H3,(H,19,24). The van der Waals surface area contributed by atoms with Gasteiger partial charge in [0.2, 0.25) is 0 Å². The number of furan rings is 1. The lowest BCUT2D eigenvalue weighted by Crippen LogP contribution is -2.16. The number of tetrazole rings is 1. The van der Waals surface area contributed by atoms with Gasteiger partial charge < -0.3 is 14.5 Å². The Kier molecular flexibility index (Phi) is 5.93. The largest absolute Gasteiger partial charge is 0.459 e. The van der Waals surface area contributed by atoms with Gasteiger partial charge >= 0.3 is 5.97 Å². The highest BCUT2D eigenvalue weighted by Crippen LogP contribution is 2.18. The Labute approximate surface area is 155 Å². The van der Waals surface area contributed by atoms with E-state index in [4.69, 9.17) is 9.15 Å². The predicted octanol–water partition coefficient (Wildman–Crippen LogP) is 2.68. The van der Waals surface area contributed by atoms with E-state index >= 15 is 0 Å². The van der Waals surface area contributed by atoms with Crippen molar-refractivity contribution in [1.82, 2.24) is 20.2 Å². The fraction of sp³-hybridized carbons (Fsp3) is 0.278. The second-order valence-corrected chi connectivity index (χ2v) is 5.72. The first-order chi connectivity index (χ1) is 13.2. The average Bonchev–Trinajstić information content (AvgIpc) is 3.36. The van der Waals surface area contributed by atoms with Crippen molar-refractivity contribution in [2.45, 2.75) is 32.9 Å². The predicted molar refractivity (Wildman–Crippen MR) is 94.9 cm³/mol. The molecule has 0 fully saturated rings. The van der Waals surface area contributed by atoms with E-state index in [1.165, 1.54) is 12.3 Å². The second kappa shape index (κ2) is 8.75. The summed E-state index contributed by atoms with van der Waals surface area (Å²) in [6.07, 6.45) is 3.33. The number of aromatic nitrogens is 4. The van der Waals surface area contributed by atoms with Crippen LogP contribution in [0.1, 0.15) is 46.5 Å². The number of esters is 1. The number of anilines is 1. The molecule has 27 heavy (non-hydrogen) atoms. The zero-order chi connectivity index (χ0) is 19.1. The Morgan fingerprint density at radius 2 is 2.07 bits per heavy atom. The first-order valence-electron chi connectivity index (χ1n) is 8.55. The van der Waals surface area contributed by atoms with E-state index in [1.54, 1.807) is 35.0 Å². The lowest BCUT2D eigenvalue weighted by Gasteiger charge is -2.10. The number of carbonyl (C=O) groups excluding carboxylic acids is 2. The summed E-state index contributed by atoms with van der Waals surface area (Å²) in [6.45, 7) is 2.67. The van der Waals surface area contributed by atoms with Gasteiger partial charge in [-0.3, -0.25) is 4.79 Å². The highest BCUT2D eigenvalue weighted by molar-refractivity contribution is 6.06. The first kappa shape index (κ1) is 18.3. The summed E-state index contributed by atoms with van der Waals surface area (Å²) < 4.78 is 12.0. The normalized spacial score (nSPS) is 10.6. The van der Waals surface area contributed by atoms with Crippen molar-refractivity contribution < 1.29 is 18.7 Å². The van der Waals surface area contributed by atoms with Gasteiger partial charge in [0.05, 0.1) is 17.5 Å². The van der Waals surface area contributed by atoms with Gasteiger partial charge in [0.15, 0.2) is 18.2 Å². The molecule has 0 aliphatic carbocycles. The van der Waals surface area contributed by atoms with Gasteiger partial charge in [-0.2, -0.15) is 0 Å². The van der Waals surface area contributed by atoms with Crippen LogP contribution >= 0.6 is 0 Å². The third kappa shape index (κ3) is 4.57. The number of hydrogen-bond donors (Lipinski definition) is 1. The topological polar surface area (TPSA) is 112 Å². The van der Waals surface area contributed by atoms with E-state index in [9.17, 15) is 9.59 Å². The second-order valence-electron chi connectivity index (χ2n) is 5.72. The molecule has 1 N–H and O–H groups in total. The van der Waals surface area contributed by atoms with Crippen molar-refractivity contribution in [3.8, 4) is 0 Å². The number of rotatable bonds is 8. The van der Waals surface area contributed by atoms with Crippen molar-refractivity contribution in [3.05, 3.63) is 59.8 Å². The van der Waals surface area contributed by atoms with Crippen LogP contribution in [0.4, 0.5) is 5.69 Å². The van der Waals surface area contributed by atoms with Crippen molar-refractivity contribution in [2.24, 2.45) is 0 Å². The van der Waals surface area contributed by atoms with Crippen molar-refractivity contribution in [1.29, 1.82) is 0 Å². The summed E-state index contributed by atoms with van der Waals surface area (Å²) in [5.74, 6) is -0.429. The average molecular weight is 369 g/mol. The van der Waals surface area contributed by atoms with Crippen LogP contribution in [-0.2, 0) is 17.9 Å². The van der Waals surface area contributed by atoms with E-state index < -0.39 is 11.9 Å². The number of nitrogens with zero attached hydrogens (tertiary/aromatic N) is 4. The van der Waals surface area contributed by atoms with E-state index in [0.717, 1.165) is 12.8 Å². The minimum absolute atomic E-state index is 0.0595. The molecule has 3 rings (SSSR count). The van der Waals surface area contributed by atoms with Crippen LogP contribution in [0, 0.1) is 0 Å². The van der Waals surface area contributed by atoms with Gasteiger partial charge in [0, 0.05) is 6.54 Å². The molecule has 3 aromatic rings. The molecular formula is C18H19N5O4. The molecule has 9 heteroatoms. The van der Waals surface area contributed by atoms with Crippen LogP contribution in [0.15, 0.2) is 47.1 Å². The molecule has 0 aliphatic rings. The number of hydrogen-bond acceptors (Lipinski definition) is 7. The van der Waals surface area contributed by atoms with Crippen molar-refractivity contribution in [2.75, 3.05) is 5.32 Å². The van der Waals surface area contributed by atoms with Crippen molar-refractivity contribution >= 4 is 17.6 Å². The van der Waals surface area contributed by atoms with Gasteiger partial charge in [-0.1, -0.05) is 25.5 Å². The third-order valence-electron chi connectivity index (χ3n) is 3.80. The monoisotopic (exact) mass is 369 g/mol. The molecule has 140 valence electrons. The quantitative estimate of drug-likeness (QED) is 0.607. The molecule has 0 saturated carbocycles. The summed E-state index contributed by atoms with van der Waals surface area (Å²) in [6, 6.07) is 9.72. The Morgan fingerprint density at radius 3 is 2.85 bits per heavy atom. The van der Waals surface area contributed by atoms with E-state index in [-0.39, 0.29) is 17.9 Å². The van der Waals surface area contributed by atoms with Gasteiger partial charge in [-0.25, -0.2) is 9.48 Å². The Morgan fingerprint density at radius 1 is 1.22 bits per heavy atom. The number of aryl methyl sites for hydroxylation is 1. The number of nitrogens with one attached hydrogen (secondary N) is 1. The number of ether oxygens (including phenoxy) is 1. The maximum atomic E-state index is 12.5. The highest BCUT2D eigenvalue weighted by atomic mass is 16.5. The van der Waals surface area contributed by atoms with E-state index in [1.807, 2.05) is 0 Å². The van der Waals surface area contributed by atoms with Crippen LogP contribution in [0.2, 0.25) is 0 Å². The number of carbonyl (C=O) groups is 2. The third-order valence-corrected chi connectivity index (χ3v) is 3.80. The molecule has 2 heterocycles. The van der Waals surface area contributed by atoms with Crippen LogP contribution in [0.3, 0.4) is 0 Å². The Hall–Kier alpha value is -3.49. The lowest BCUT2D eigenvalue weighted by molar-refractivity contribution is 0.0457. The number of unbranched alkanes of at least 4 members (excludes halogenated alkanes) is 1. The molecule has 1 amide bonds. The van der Waals surface area contributed by atoms with Crippen LogP contribution < -0.4 is 5.32 Å². The fourth-order valence-corrected chi connectivity index (χ4v) is 2.38. The Balaban J connectivity index is 1.67. The maximum Gasteiger partial charge on any atom is 0.340 e. The van der Waals surface area contributed by atoms with Gasteiger partial charge in [-0.15, -0.1) is 5.10 Å². The molecule has 0 bridgehead atoms. The molecule has 0 atom stereocenters. The summed E-state index contributed by atoms with van der Waals surface area (Å²) in [5.41, 5.74) is 0.555. The van der Waals surface area contributed by atoms with Gasteiger partial charge in [-0.05, 0) is 41.1 Å². The molecular weight excluding hydrogens is 350 g/mol. The summed E-state index contributed by atoms with van der Waals surface area (Å²) >= 11 is 0. The molecule has 0 unspecified atom stereocenters. The maximum absolute atomic E-state index is 12.5. The summed E-state index contributed by atoms with van der Waals surface area (Å²) in [5, 5.41) is 14.0. The molecule has 0 spiro atoms. The first-order valence-corrected chi connectivity index (χ1v) is 8.55. The summed E-state index contributed by atoms with van der Waals surface area (Å²) in [4.78, 5) is 24.6. The molecule has 0 saturated heterocycles. The van der Waals surface area contributed by atoms with E-state index in [0.29, 0.717) is 18.1 Å². The van der Waals surface area contributed by atoms with Gasteiger partial charge in [0.25, 0.3) is 5.91 Å². The van der Waals surface area contributed by atoms with Crippen LogP contribution in [0.25, 0.3) is 0 Å². The molecule has 9 nitrogen and oxygen atoms in total.